The highest BCUT2D eigenvalue weighted by Crippen LogP contribution is 2.39. The van der Waals surface area contributed by atoms with Gasteiger partial charge in [-0.1, -0.05) is 85.9 Å². The van der Waals surface area contributed by atoms with Crippen molar-refractivity contribution in [3.8, 4) is 0 Å². The number of ether oxygens (including phenoxy) is 3. The van der Waals surface area contributed by atoms with E-state index in [0.717, 1.165) is 5.56 Å². The normalized spacial score (nSPS) is 26.2. The highest BCUT2D eigenvalue weighted by molar-refractivity contribution is 6.74. The highest BCUT2D eigenvalue weighted by Gasteiger charge is 2.51. The van der Waals surface area contributed by atoms with E-state index in [1.165, 1.54) is 0 Å². The summed E-state index contributed by atoms with van der Waals surface area (Å²) in [5.41, 5.74) is 0.872. The van der Waals surface area contributed by atoms with E-state index >= 15 is 0 Å². The molecule has 1 saturated heterocycles. The number of carbonyl (C=O) groups is 1. The summed E-state index contributed by atoms with van der Waals surface area (Å²) in [6, 6.07) is 8.40. The second-order valence-corrected chi connectivity index (χ2v) is 17.0. The lowest BCUT2D eigenvalue weighted by atomic mass is 9.97. The number of aliphatic hydroxyl groups excluding tert-OH is 2. The Morgan fingerprint density at radius 3 is 2.32 bits per heavy atom. The molecule has 1 aromatic carbocycles. The first-order valence-electron chi connectivity index (χ1n) is 10.9. The Hall–Kier alpha value is -0.623. The molecule has 0 bridgehead atoms. The van der Waals surface area contributed by atoms with Crippen LogP contribution in [0, 0.1) is 0 Å². The van der Waals surface area contributed by atoms with E-state index in [2.05, 4.69) is 26.1 Å². The van der Waals surface area contributed by atoms with Crippen LogP contribution >= 0.6 is 34.8 Å². The quantitative estimate of drug-likeness (QED) is 0.325. The van der Waals surface area contributed by atoms with Gasteiger partial charge in [-0.2, -0.15) is 0 Å². The summed E-state index contributed by atoms with van der Waals surface area (Å²) in [4.78, 5) is 12.5. The molecule has 5 atom stereocenters. The first-order valence-corrected chi connectivity index (χ1v) is 15.0. The Bertz CT molecular complexity index is 789. The van der Waals surface area contributed by atoms with Crippen molar-refractivity contribution >= 4 is 49.2 Å². The van der Waals surface area contributed by atoms with E-state index < -0.39 is 62.1 Å². The van der Waals surface area contributed by atoms with E-state index in [0.29, 0.717) is 0 Å². The van der Waals surface area contributed by atoms with Gasteiger partial charge >= 0.3 is 6.09 Å². The van der Waals surface area contributed by atoms with Crippen LogP contribution in [0.4, 0.5) is 4.79 Å². The molecule has 34 heavy (non-hydrogen) atoms. The minimum Gasteiger partial charge on any atom is -0.445 e. The zero-order chi connectivity index (χ0) is 25.7. The van der Waals surface area contributed by atoms with E-state index in [1.807, 2.05) is 43.4 Å². The Kier molecular flexibility index (Phi) is 10.5. The molecule has 1 fully saturated rings. The van der Waals surface area contributed by atoms with Gasteiger partial charge < -0.3 is 34.2 Å². The number of aliphatic hydroxyl groups is 2. The molecule has 1 heterocycles. The summed E-state index contributed by atoms with van der Waals surface area (Å²) >= 11 is 17.0. The lowest BCUT2D eigenvalue weighted by Crippen LogP contribution is -2.67. The van der Waals surface area contributed by atoms with Gasteiger partial charge in [0.2, 0.25) is 3.79 Å². The van der Waals surface area contributed by atoms with Crippen LogP contribution in [0.15, 0.2) is 30.3 Å². The van der Waals surface area contributed by atoms with Crippen molar-refractivity contribution in [1.82, 2.24) is 5.32 Å². The largest absolute Gasteiger partial charge is 0.445 e. The molecule has 8 nitrogen and oxygen atoms in total. The minimum absolute atomic E-state index is 0.161. The third kappa shape index (κ3) is 8.50. The van der Waals surface area contributed by atoms with Crippen LogP contribution in [-0.2, 0) is 25.2 Å². The van der Waals surface area contributed by atoms with Gasteiger partial charge in [0.25, 0.3) is 0 Å². The summed E-state index contributed by atoms with van der Waals surface area (Å²) in [5.74, 6) is 0. The molecule has 2 rings (SSSR count). The maximum Gasteiger partial charge on any atom is 0.407 e. The van der Waals surface area contributed by atoms with Crippen LogP contribution in [-0.4, -0.2) is 72.3 Å². The van der Waals surface area contributed by atoms with Crippen molar-refractivity contribution in [2.75, 3.05) is 13.2 Å². The standard InChI is InChI=1S/C22H34Cl3NO7Si/c1-21(2,3)34(4,5)33-18-16(26-20(29)31-13-22(23,24)25)19(32-15(11-27)17(18)28)30-12-14-9-7-6-8-10-14/h6-10,15-19,27-28H,11-13H2,1-5H3,(H,26,29)/t15?,16?,17-,18-,19-/m1/s1. The van der Waals surface area contributed by atoms with Crippen LogP contribution in [0.1, 0.15) is 26.3 Å². The maximum absolute atomic E-state index is 12.5. The maximum atomic E-state index is 12.5. The smallest absolute Gasteiger partial charge is 0.407 e. The number of nitrogens with one attached hydrogen (secondary N) is 1. The lowest BCUT2D eigenvalue weighted by Gasteiger charge is -2.48. The Balaban J connectivity index is 2.32. The molecule has 12 heteroatoms. The fraction of sp³-hybridized carbons (Fsp3) is 0.682. The fourth-order valence-electron chi connectivity index (χ4n) is 3.10. The van der Waals surface area contributed by atoms with Crippen molar-refractivity contribution in [1.29, 1.82) is 0 Å². The fourth-order valence-corrected chi connectivity index (χ4v) is 4.58. The van der Waals surface area contributed by atoms with Crippen LogP contribution in [0.3, 0.4) is 0 Å². The summed E-state index contributed by atoms with van der Waals surface area (Å²) in [7, 11) is -2.44. The average molecular weight is 559 g/mol. The number of carbonyl (C=O) groups excluding carboxylic acids is 1. The molecular weight excluding hydrogens is 525 g/mol. The topological polar surface area (TPSA) is 106 Å². The number of amides is 1. The molecule has 3 N–H and O–H groups in total. The van der Waals surface area contributed by atoms with Crippen molar-refractivity contribution < 1.29 is 33.6 Å². The molecule has 1 aliphatic heterocycles. The van der Waals surface area contributed by atoms with Crippen LogP contribution < -0.4 is 5.32 Å². The third-order valence-electron chi connectivity index (χ3n) is 6.00. The summed E-state index contributed by atoms with van der Waals surface area (Å²) in [6.07, 6.45) is -5.13. The summed E-state index contributed by atoms with van der Waals surface area (Å²) in [5, 5.41) is 23.3. The first-order chi connectivity index (χ1) is 15.6. The third-order valence-corrected chi connectivity index (χ3v) is 10.8. The van der Waals surface area contributed by atoms with Crippen molar-refractivity contribution in [2.24, 2.45) is 0 Å². The monoisotopic (exact) mass is 557 g/mol. The molecule has 1 amide bonds. The Labute approximate surface area is 216 Å². The zero-order valence-corrected chi connectivity index (χ0v) is 23.2. The molecule has 1 aromatic rings. The van der Waals surface area contributed by atoms with Crippen molar-refractivity contribution in [3.63, 3.8) is 0 Å². The molecule has 1 aliphatic rings. The molecule has 0 radical (unpaired) electrons. The molecule has 2 unspecified atom stereocenters. The zero-order valence-electron chi connectivity index (χ0n) is 20.0. The predicted octanol–water partition coefficient (Wildman–Crippen LogP) is 4.14. The molecule has 0 saturated carbocycles. The van der Waals surface area contributed by atoms with Gasteiger partial charge in [0, 0.05) is 0 Å². The van der Waals surface area contributed by atoms with Crippen molar-refractivity contribution in [3.05, 3.63) is 35.9 Å². The number of benzene rings is 1. The van der Waals surface area contributed by atoms with Crippen LogP contribution in [0.25, 0.3) is 0 Å². The van der Waals surface area contributed by atoms with E-state index in [-0.39, 0.29) is 11.6 Å². The molecular formula is C22H34Cl3NO7Si. The Morgan fingerprint density at radius 2 is 1.79 bits per heavy atom. The van der Waals surface area contributed by atoms with E-state index in [9.17, 15) is 15.0 Å². The van der Waals surface area contributed by atoms with Gasteiger partial charge in [0.15, 0.2) is 14.6 Å². The minimum atomic E-state index is -2.44. The second-order valence-electron chi connectivity index (χ2n) is 9.72. The molecule has 0 spiro atoms. The van der Waals surface area contributed by atoms with Crippen molar-refractivity contribution in [2.45, 2.75) is 79.9 Å². The van der Waals surface area contributed by atoms with Gasteiger partial charge in [0.1, 0.15) is 24.9 Å². The number of halogens is 3. The molecule has 194 valence electrons. The van der Waals surface area contributed by atoms with Crippen LogP contribution in [0.2, 0.25) is 18.1 Å². The van der Waals surface area contributed by atoms with E-state index in [1.54, 1.807) is 0 Å². The summed E-state index contributed by atoms with van der Waals surface area (Å²) in [6.45, 7) is 9.40. The molecule has 0 aliphatic carbocycles. The van der Waals surface area contributed by atoms with Gasteiger partial charge in [0.05, 0.1) is 19.3 Å². The highest BCUT2D eigenvalue weighted by atomic mass is 35.6. The van der Waals surface area contributed by atoms with Crippen LogP contribution in [0.5, 0.6) is 0 Å². The first kappa shape index (κ1) is 29.6. The predicted molar refractivity (Wildman–Crippen MR) is 134 cm³/mol. The van der Waals surface area contributed by atoms with Gasteiger partial charge in [-0.25, -0.2) is 4.79 Å². The number of alkyl halides is 3. The number of hydrogen-bond donors (Lipinski definition) is 3. The van der Waals surface area contributed by atoms with Gasteiger partial charge in [-0.3, -0.25) is 0 Å². The number of alkyl carbamates (subject to hydrolysis) is 1. The van der Waals surface area contributed by atoms with E-state index in [4.69, 9.17) is 53.4 Å². The second kappa shape index (κ2) is 12.1. The van der Waals surface area contributed by atoms with Gasteiger partial charge in [-0.05, 0) is 23.7 Å². The number of hydrogen-bond acceptors (Lipinski definition) is 7. The average Bonchev–Trinajstić information content (AvgIpc) is 2.73. The lowest BCUT2D eigenvalue weighted by molar-refractivity contribution is -0.270. The molecule has 0 aromatic heterocycles. The summed E-state index contributed by atoms with van der Waals surface area (Å²) < 4.78 is 21.5. The number of rotatable bonds is 8. The SMILES string of the molecule is CC(C)(C)[Si](C)(C)O[C@@H]1C(NC(=O)OCC(Cl)(Cl)Cl)[C@H](OCc2ccccc2)OC(CO)[C@H]1O. The van der Waals surface area contributed by atoms with Gasteiger partial charge in [-0.15, -0.1) is 0 Å². The Morgan fingerprint density at radius 1 is 1.18 bits per heavy atom.